The lowest BCUT2D eigenvalue weighted by atomic mass is 10.2. The van der Waals surface area contributed by atoms with Gasteiger partial charge >= 0.3 is 17.1 Å². The Labute approximate surface area is 150 Å². The smallest absolute Gasteiger partial charge is 0.312 e. The van der Waals surface area contributed by atoms with Crippen LogP contribution < -0.4 is 0 Å². The number of hydrogen-bond donors (Lipinski definition) is 0. The highest BCUT2D eigenvalue weighted by Gasteiger charge is 2.42. The van der Waals surface area contributed by atoms with E-state index in [4.69, 9.17) is 12.3 Å². The molecule has 0 aromatic heterocycles. The summed E-state index contributed by atoms with van der Waals surface area (Å²) in [7, 11) is -7.48. The number of unbranched alkanes of at least 4 members (excludes halogenated alkanes) is 4. The van der Waals surface area contributed by atoms with Crippen molar-refractivity contribution in [2.75, 3.05) is 0 Å². The second-order valence-electron chi connectivity index (χ2n) is 9.00. The Morgan fingerprint density at radius 1 is 0.609 bits per heavy atom. The second-order valence-corrected chi connectivity index (χ2v) is 25.3. The van der Waals surface area contributed by atoms with Crippen molar-refractivity contribution < 1.29 is 12.3 Å². The highest BCUT2D eigenvalue weighted by Crippen LogP contribution is 2.26. The summed E-state index contributed by atoms with van der Waals surface area (Å²) >= 11 is 0. The van der Waals surface area contributed by atoms with Crippen LogP contribution in [0, 0.1) is 6.92 Å². The highest BCUT2D eigenvalue weighted by atomic mass is 28.5. The molecule has 7 heteroatoms. The van der Waals surface area contributed by atoms with Gasteiger partial charge in [0.2, 0.25) is 0 Å². The molecular formula is C16H41O3Si4. The van der Waals surface area contributed by atoms with E-state index in [0.717, 1.165) is 6.42 Å². The van der Waals surface area contributed by atoms with Crippen molar-refractivity contribution in [2.24, 2.45) is 0 Å². The minimum atomic E-state index is -2.14. The van der Waals surface area contributed by atoms with Crippen LogP contribution in [0.15, 0.2) is 0 Å². The third kappa shape index (κ3) is 13.7. The van der Waals surface area contributed by atoms with Gasteiger partial charge in [-0.2, -0.15) is 0 Å². The van der Waals surface area contributed by atoms with Gasteiger partial charge in [-0.15, -0.1) is 0 Å². The van der Waals surface area contributed by atoms with E-state index in [1.54, 1.807) is 0 Å². The quantitative estimate of drug-likeness (QED) is 0.289. The van der Waals surface area contributed by atoms with Crippen LogP contribution in [0.5, 0.6) is 0 Å². The van der Waals surface area contributed by atoms with Gasteiger partial charge in [-0.25, -0.2) is 0 Å². The molecule has 0 fully saturated rings. The van der Waals surface area contributed by atoms with Gasteiger partial charge in [0.1, 0.15) is 0 Å². The zero-order valence-corrected chi connectivity index (χ0v) is 21.2. The predicted octanol–water partition coefficient (Wildman–Crippen LogP) is 6.26. The Morgan fingerprint density at radius 2 is 1.09 bits per heavy atom. The van der Waals surface area contributed by atoms with E-state index in [9.17, 15) is 0 Å². The lowest BCUT2D eigenvalue weighted by Gasteiger charge is -2.40. The molecule has 23 heavy (non-hydrogen) atoms. The van der Waals surface area contributed by atoms with Gasteiger partial charge < -0.3 is 12.3 Å². The molecule has 0 saturated carbocycles. The fourth-order valence-electron chi connectivity index (χ4n) is 3.17. The van der Waals surface area contributed by atoms with Gasteiger partial charge in [0.15, 0.2) is 16.6 Å². The highest BCUT2D eigenvalue weighted by molar-refractivity contribution is 6.89. The van der Waals surface area contributed by atoms with Gasteiger partial charge in [0.25, 0.3) is 0 Å². The third-order valence-corrected chi connectivity index (χ3v) is 17.4. The molecule has 0 aliphatic carbocycles. The third-order valence-electron chi connectivity index (χ3n) is 3.34. The standard InChI is InChI=1S/C16H41O3Si4/c1-11-12-13-14-15-16-21(5,6)18-23(9,10)19-22(7,8)17-20(2,3)4/h1,11-16H2,2-10H3. The molecule has 0 rings (SSSR count). The molecule has 0 N–H and O–H groups in total. The largest absolute Gasteiger partial charge is 0.437 e. The van der Waals surface area contributed by atoms with Crippen molar-refractivity contribution in [2.45, 2.75) is 97.1 Å². The molecule has 0 spiro atoms. The van der Waals surface area contributed by atoms with Gasteiger partial charge in [0.05, 0.1) is 0 Å². The predicted molar refractivity (Wildman–Crippen MR) is 112 cm³/mol. The average molecular weight is 394 g/mol. The summed E-state index contributed by atoms with van der Waals surface area (Å²) in [5.74, 6) is 0. The van der Waals surface area contributed by atoms with Crippen LogP contribution in [0.4, 0.5) is 0 Å². The fourth-order valence-corrected chi connectivity index (χ4v) is 21.7. The molecule has 0 aliphatic heterocycles. The average Bonchev–Trinajstić information content (AvgIpc) is 2.21. The summed E-state index contributed by atoms with van der Waals surface area (Å²) in [5.41, 5.74) is 0. The van der Waals surface area contributed by atoms with Crippen molar-refractivity contribution in [1.29, 1.82) is 0 Å². The molecule has 0 aliphatic rings. The van der Waals surface area contributed by atoms with Gasteiger partial charge in [-0.1, -0.05) is 39.0 Å². The SMILES string of the molecule is [CH2]CCCCCC[Si](C)(C)O[Si](C)(C)O[Si](C)(C)O[Si](C)(C)C. The van der Waals surface area contributed by atoms with Crippen molar-refractivity contribution in [3.63, 3.8) is 0 Å². The maximum atomic E-state index is 6.60. The first-order valence-electron chi connectivity index (χ1n) is 9.08. The van der Waals surface area contributed by atoms with E-state index in [2.05, 4.69) is 65.8 Å². The Hall–Kier alpha value is 0.748. The molecule has 1 radical (unpaired) electrons. The molecule has 139 valence electrons. The second kappa shape index (κ2) is 9.45. The van der Waals surface area contributed by atoms with E-state index >= 15 is 0 Å². The summed E-state index contributed by atoms with van der Waals surface area (Å²) in [5, 5.41) is 0. The van der Waals surface area contributed by atoms with Crippen LogP contribution in [0.1, 0.15) is 32.1 Å². The first-order valence-corrected chi connectivity index (χ1v) is 21.2. The summed E-state index contributed by atoms with van der Waals surface area (Å²) in [6.07, 6.45) is 6.18. The first kappa shape index (κ1) is 23.7. The summed E-state index contributed by atoms with van der Waals surface area (Å²) < 4.78 is 19.4. The van der Waals surface area contributed by atoms with E-state index in [-0.39, 0.29) is 0 Å². The van der Waals surface area contributed by atoms with Crippen LogP contribution in [-0.2, 0) is 12.3 Å². The van der Waals surface area contributed by atoms with Crippen molar-refractivity contribution in [3.8, 4) is 0 Å². The lowest BCUT2D eigenvalue weighted by molar-refractivity contribution is 0.329. The lowest BCUT2D eigenvalue weighted by Crippen LogP contribution is -2.55. The monoisotopic (exact) mass is 393 g/mol. The molecule has 0 amide bonds. The van der Waals surface area contributed by atoms with Gasteiger partial charge in [0, 0.05) is 0 Å². The maximum absolute atomic E-state index is 6.60. The fraction of sp³-hybridized carbons (Fsp3) is 0.938. The molecule has 0 aromatic rings. The van der Waals surface area contributed by atoms with Gasteiger partial charge in [-0.05, 0) is 65.0 Å². The Balaban J connectivity index is 4.46. The number of rotatable bonds is 12. The molecule has 0 atom stereocenters. The minimum absolute atomic E-state index is 1.06. The minimum Gasteiger partial charge on any atom is -0.437 e. The normalized spacial score (nSPS) is 14.3. The van der Waals surface area contributed by atoms with Crippen molar-refractivity contribution >= 4 is 33.8 Å². The molecule has 3 nitrogen and oxygen atoms in total. The van der Waals surface area contributed by atoms with Crippen molar-refractivity contribution in [1.82, 2.24) is 0 Å². The molecule has 0 aromatic carbocycles. The molecule has 0 bridgehead atoms. The maximum Gasteiger partial charge on any atom is 0.312 e. The molecular weight excluding hydrogens is 353 g/mol. The van der Waals surface area contributed by atoms with Crippen LogP contribution in [0.25, 0.3) is 0 Å². The topological polar surface area (TPSA) is 27.7 Å². The molecule has 0 heterocycles. The van der Waals surface area contributed by atoms with E-state index in [1.165, 1.54) is 31.7 Å². The zero-order chi connectivity index (χ0) is 18.4. The summed E-state index contributed by atoms with van der Waals surface area (Å²) in [6, 6.07) is 1.22. The zero-order valence-electron chi connectivity index (χ0n) is 17.2. The number of hydrogen-bond acceptors (Lipinski definition) is 3. The van der Waals surface area contributed by atoms with Crippen molar-refractivity contribution in [3.05, 3.63) is 6.92 Å². The Kier molecular flexibility index (Phi) is 9.75. The van der Waals surface area contributed by atoms with E-state index in [1.807, 2.05) is 0 Å². The molecule has 0 saturated heterocycles. The van der Waals surface area contributed by atoms with Crippen LogP contribution in [-0.4, -0.2) is 33.8 Å². The van der Waals surface area contributed by atoms with Gasteiger partial charge in [-0.3, -0.25) is 0 Å². The first-order chi connectivity index (χ1) is 10.2. The molecule has 0 unspecified atom stereocenters. The van der Waals surface area contributed by atoms with E-state index < -0.39 is 33.8 Å². The van der Waals surface area contributed by atoms with Crippen LogP contribution in [0.2, 0.25) is 65.0 Å². The van der Waals surface area contributed by atoms with Crippen LogP contribution >= 0.6 is 0 Å². The Bertz CT molecular complexity index is 339. The summed E-state index contributed by atoms with van der Waals surface area (Å²) in [4.78, 5) is 0. The van der Waals surface area contributed by atoms with E-state index in [0.29, 0.717) is 0 Å². The Morgan fingerprint density at radius 3 is 1.57 bits per heavy atom. The van der Waals surface area contributed by atoms with Crippen LogP contribution in [0.3, 0.4) is 0 Å². The summed E-state index contributed by atoms with van der Waals surface area (Å²) in [6.45, 7) is 24.0.